The van der Waals surface area contributed by atoms with Crippen LogP contribution in [0.25, 0.3) is 0 Å². The Labute approximate surface area is 141 Å². The van der Waals surface area contributed by atoms with Gasteiger partial charge in [-0.15, -0.1) is 0 Å². The number of rotatable bonds is 4. The summed E-state index contributed by atoms with van der Waals surface area (Å²) in [5.41, 5.74) is -0.488. The van der Waals surface area contributed by atoms with Crippen LogP contribution in [-0.4, -0.2) is 23.0 Å². The van der Waals surface area contributed by atoms with Gasteiger partial charge in [0.25, 0.3) is 5.95 Å². The number of nitro benzene ring substituents is 1. The molecule has 1 aromatic carbocycles. The van der Waals surface area contributed by atoms with Crippen molar-refractivity contribution in [2.75, 3.05) is 18.0 Å². The van der Waals surface area contributed by atoms with Gasteiger partial charge in [-0.1, -0.05) is 12.1 Å². The molecule has 3 rings (SSSR count). The molecular formula is C16H14F3N3O3. The van der Waals surface area contributed by atoms with E-state index >= 15 is 0 Å². The molecule has 0 amide bonds. The number of piperidine rings is 1. The largest absolute Gasteiger partial charge is 0.444 e. The fourth-order valence-electron chi connectivity index (χ4n) is 2.69. The molecule has 0 N–H and O–H groups in total. The second-order valence-corrected chi connectivity index (χ2v) is 5.56. The molecule has 2 aromatic rings. The summed E-state index contributed by atoms with van der Waals surface area (Å²) in [6.45, 7) is 0.917. The van der Waals surface area contributed by atoms with Crippen molar-refractivity contribution < 1.29 is 22.8 Å². The number of pyridine rings is 1. The maximum atomic E-state index is 14.7. The first-order valence-electron chi connectivity index (χ1n) is 7.69. The van der Waals surface area contributed by atoms with Crippen LogP contribution in [0.3, 0.4) is 0 Å². The van der Waals surface area contributed by atoms with Gasteiger partial charge in [0.2, 0.25) is 23.1 Å². The van der Waals surface area contributed by atoms with Crippen LogP contribution in [0.15, 0.2) is 24.3 Å². The molecule has 0 atom stereocenters. The van der Waals surface area contributed by atoms with Gasteiger partial charge in [0.05, 0.1) is 4.92 Å². The van der Waals surface area contributed by atoms with Gasteiger partial charge in [0, 0.05) is 19.2 Å². The van der Waals surface area contributed by atoms with Crippen molar-refractivity contribution in [3.05, 3.63) is 52.0 Å². The quantitative estimate of drug-likeness (QED) is 0.468. The molecule has 0 saturated carbocycles. The normalized spacial score (nSPS) is 14.4. The zero-order valence-electron chi connectivity index (χ0n) is 13.0. The Bertz CT molecular complexity index is 811. The summed E-state index contributed by atoms with van der Waals surface area (Å²) in [6, 6.07) is 5.08. The molecule has 2 heterocycles. The molecule has 1 fully saturated rings. The molecule has 0 bridgehead atoms. The van der Waals surface area contributed by atoms with Gasteiger partial charge in [0.1, 0.15) is 0 Å². The van der Waals surface area contributed by atoms with Crippen LogP contribution in [-0.2, 0) is 0 Å². The monoisotopic (exact) mass is 353 g/mol. The number of para-hydroxylation sites is 2. The van der Waals surface area contributed by atoms with Gasteiger partial charge in [-0.2, -0.15) is 18.2 Å². The lowest BCUT2D eigenvalue weighted by molar-refractivity contribution is -0.385. The molecule has 0 unspecified atom stereocenters. The van der Waals surface area contributed by atoms with Crippen molar-refractivity contribution in [2.45, 2.75) is 19.3 Å². The first-order chi connectivity index (χ1) is 12.0. The molecule has 0 spiro atoms. The lowest BCUT2D eigenvalue weighted by Gasteiger charge is -2.28. The van der Waals surface area contributed by atoms with Crippen LogP contribution >= 0.6 is 0 Å². The Morgan fingerprint density at radius 3 is 2.44 bits per heavy atom. The number of hydrogen-bond donors (Lipinski definition) is 0. The maximum absolute atomic E-state index is 14.7. The van der Waals surface area contributed by atoms with E-state index in [2.05, 4.69) is 4.98 Å². The van der Waals surface area contributed by atoms with E-state index in [1.54, 1.807) is 0 Å². The van der Waals surface area contributed by atoms with Gasteiger partial charge < -0.3 is 9.64 Å². The zero-order chi connectivity index (χ0) is 18.0. The van der Waals surface area contributed by atoms with Crippen molar-refractivity contribution in [3.8, 4) is 11.5 Å². The van der Waals surface area contributed by atoms with Gasteiger partial charge in [-0.25, -0.2) is 0 Å². The molecule has 9 heteroatoms. The standard InChI is InChI=1S/C16H14F3N3O3/c17-12-14(25-11-7-3-2-6-10(11)22(23)24)13(18)16(20-15(12)19)21-8-4-1-5-9-21/h2-3,6-7H,1,4-5,8-9H2. The number of aromatic nitrogens is 1. The van der Waals surface area contributed by atoms with Gasteiger partial charge in [-0.3, -0.25) is 10.1 Å². The van der Waals surface area contributed by atoms with E-state index in [-0.39, 0.29) is 11.6 Å². The van der Waals surface area contributed by atoms with Gasteiger partial charge in [-0.05, 0) is 25.3 Å². The lowest BCUT2D eigenvalue weighted by atomic mass is 10.1. The summed E-state index contributed by atoms with van der Waals surface area (Å²) in [7, 11) is 0. The molecule has 1 saturated heterocycles. The molecule has 1 aromatic heterocycles. The third kappa shape index (κ3) is 3.35. The van der Waals surface area contributed by atoms with E-state index in [0.717, 1.165) is 25.3 Å². The van der Waals surface area contributed by atoms with Crippen LogP contribution in [0, 0.1) is 27.7 Å². The topological polar surface area (TPSA) is 68.5 Å². The lowest BCUT2D eigenvalue weighted by Crippen LogP contribution is -2.31. The Morgan fingerprint density at radius 1 is 1.08 bits per heavy atom. The van der Waals surface area contributed by atoms with Crippen molar-refractivity contribution >= 4 is 11.5 Å². The summed E-state index contributed by atoms with van der Waals surface area (Å²) >= 11 is 0. The highest BCUT2D eigenvalue weighted by molar-refractivity contribution is 5.52. The minimum Gasteiger partial charge on any atom is -0.444 e. The smallest absolute Gasteiger partial charge is 0.311 e. The maximum Gasteiger partial charge on any atom is 0.311 e. The van der Waals surface area contributed by atoms with Crippen LogP contribution in [0.1, 0.15) is 19.3 Å². The number of halogens is 3. The first kappa shape index (κ1) is 17.0. The summed E-state index contributed by atoms with van der Waals surface area (Å²) in [5.74, 6) is -6.11. The number of ether oxygens (including phenoxy) is 1. The predicted octanol–water partition coefficient (Wildman–Crippen LogP) is 4.19. The van der Waals surface area contributed by atoms with E-state index in [1.807, 2.05) is 0 Å². The average Bonchev–Trinajstić information content (AvgIpc) is 2.62. The Kier molecular flexibility index (Phi) is 4.73. The summed E-state index contributed by atoms with van der Waals surface area (Å²) in [4.78, 5) is 15.1. The number of benzene rings is 1. The highest BCUT2D eigenvalue weighted by Crippen LogP contribution is 2.37. The van der Waals surface area contributed by atoms with Crippen molar-refractivity contribution in [2.24, 2.45) is 0 Å². The number of nitrogens with zero attached hydrogens (tertiary/aromatic N) is 3. The van der Waals surface area contributed by atoms with Crippen LogP contribution < -0.4 is 9.64 Å². The third-order valence-corrected chi connectivity index (χ3v) is 3.91. The molecule has 132 valence electrons. The van der Waals surface area contributed by atoms with E-state index in [4.69, 9.17) is 4.74 Å². The van der Waals surface area contributed by atoms with Crippen molar-refractivity contribution in [1.82, 2.24) is 4.98 Å². The van der Waals surface area contributed by atoms with E-state index < -0.39 is 33.9 Å². The minimum atomic E-state index is -1.63. The molecule has 6 nitrogen and oxygen atoms in total. The average molecular weight is 353 g/mol. The highest BCUT2D eigenvalue weighted by Gasteiger charge is 2.28. The molecule has 0 aliphatic carbocycles. The molecule has 25 heavy (non-hydrogen) atoms. The van der Waals surface area contributed by atoms with E-state index in [1.165, 1.54) is 23.1 Å². The molecular weight excluding hydrogens is 339 g/mol. The second-order valence-electron chi connectivity index (χ2n) is 5.56. The predicted molar refractivity (Wildman–Crippen MR) is 83.3 cm³/mol. The third-order valence-electron chi connectivity index (χ3n) is 3.91. The summed E-state index contributed by atoms with van der Waals surface area (Å²) < 4.78 is 47.6. The van der Waals surface area contributed by atoms with E-state index in [0.29, 0.717) is 13.1 Å². The number of hydrogen-bond acceptors (Lipinski definition) is 5. The number of anilines is 1. The van der Waals surface area contributed by atoms with Crippen molar-refractivity contribution in [1.29, 1.82) is 0 Å². The fraction of sp³-hybridized carbons (Fsp3) is 0.312. The van der Waals surface area contributed by atoms with E-state index in [9.17, 15) is 23.3 Å². The van der Waals surface area contributed by atoms with Gasteiger partial charge >= 0.3 is 5.69 Å². The second kappa shape index (κ2) is 6.96. The van der Waals surface area contributed by atoms with Crippen LogP contribution in [0.5, 0.6) is 11.5 Å². The summed E-state index contributed by atoms with van der Waals surface area (Å²) in [6.07, 6.45) is 2.52. The van der Waals surface area contributed by atoms with Crippen LogP contribution in [0.2, 0.25) is 0 Å². The first-order valence-corrected chi connectivity index (χ1v) is 7.69. The Hall–Kier alpha value is -2.84. The minimum absolute atomic E-state index is 0.354. The SMILES string of the molecule is O=[N+]([O-])c1ccccc1Oc1c(F)c(F)nc(N2CCCCC2)c1F. The van der Waals surface area contributed by atoms with Crippen molar-refractivity contribution in [3.63, 3.8) is 0 Å². The molecule has 0 radical (unpaired) electrons. The molecule has 1 aliphatic rings. The zero-order valence-corrected chi connectivity index (χ0v) is 13.0. The Morgan fingerprint density at radius 2 is 1.76 bits per heavy atom. The Balaban J connectivity index is 2.04. The molecule has 1 aliphatic heterocycles. The van der Waals surface area contributed by atoms with Crippen LogP contribution in [0.4, 0.5) is 24.7 Å². The summed E-state index contributed by atoms with van der Waals surface area (Å²) in [5, 5.41) is 11.0. The fourth-order valence-corrected chi connectivity index (χ4v) is 2.69. The van der Waals surface area contributed by atoms with Gasteiger partial charge in [0.15, 0.2) is 5.82 Å². The number of nitro groups is 1. The highest BCUT2D eigenvalue weighted by atomic mass is 19.2.